The molecule has 0 aliphatic carbocycles. The summed E-state index contributed by atoms with van der Waals surface area (Å²) in [5.41, 5.74) is 0.602. The van der Waals surface area contributed by atoms with Crippen LogP contribution >= 0.6 is 11.6 Å². The van der Waals surface area contributed by atoms with Crippen molar-refractivity contribution in [3.63, 3.8) is 0 Å². The van der Waals surface area contributed by atoms with Gasteiger partial charge in [0.25, 0.3) is 5.69 Å². The summed E-state index contributed by atoms with van der Waals surface area (Å²) in [5.74, 6) is -1.21. The van der Waals surface area contributed by atoms with Gasteiger partial charge in [-0.1, -0.05) is 11.6 Å². The van der Waals surface area contributed by atoms with E-state index in [1.54, 1.807) is 24.3 Å². The monoisotopic (exact) mass is 410 g/mol. The van der Waals surface area contributed by atoms with Gasteiger partial charge in [0, 0.05) is 22.8 Å². The van der Waals surface area contributed by atoms with Crippen LogP contribution in [0.5, 0.6) is 0 Å². The van der Waals surface area contributed by atoms with E-state index in [2.05, 4.69) is 5.32 Å². The second kappa shape index (κ2) is 7.53. The van der Waals surface area contributed by atoms with Crippen LogP contribution in [0.25, 0.3) is 0 Å². The lowest BCUT2D eigenvalue weighted by Gasteiger charge is -2.21. The molecule has 0 spiro atoms. The van der Waals surface area contributed by atoms with Gasteiger partial charge in [-0.15, -0.1) is 0 Å². The number of benzene rings is 2. The number of nitro benzene ring substituents is 1. The van der Waals surface area contributed by atoms with Crippen molar-refractivity contribution in [3.05, 3.63) is 69.2 Å². The van der Waals surface area contributed by atoms with Crippen molar-refractivity contribution in [1.82, 2.24) is 0 Å². The van der Waals surface area contributed by atoms with Gasteiger partial charge in [-0.2, -0.15) is 0 Å². The Balaban J connectivity index is 1.73. The van der Waals surface area contributed by atoms with Crippen LogP contribution in [0.1, 0.15) is 10.4 Å². The zero-order valence-corrected chi connectivity index (χ0v) is 15.4. The number of hydrogen-bond donors (Lipinski definition) is 1. The summed E-state index contributed by atoms with van der Waals surface area (Å²) >= 11 is 5.83. The highest BCUT2D eigenvalue weighted by Crippen LogP contribution is 2.23. The van der Waals surface area contributed by atoms with E-state index in [0.717, 1.165) is 0 Å². The van der Waals surface area contributed by atoms with Crippen molar-refractivity contribution in [3.8, 4) is 0 Å². The van der Waals surface area contributed by atoms with E-state index in [9.17, 15) is 23.3 Å². The topological polar surface area (TPSA) is 116 Å². The van der Waals surface area contributed by atoms with Crippen molar-refractivity contribution >= 4 is 38.8 Å². The van der Waals surface area contributed by atoms with E-state index in [-0.39, 0.29) is 22.8 Å². The van der Waals surface area contributed by atoms with Crippen molar-refractivity contribution in [2.24, 2.45) is 0 Å². The van der Waals surface area contributed by atoms with E-state index in [1.807, 2.05) is 0 Å². The molecule has 2 aromatic rings. The first-order valence-electron chi connectivity index (χ1n) is 7.91. The predicted octanol–water partition coefficient (Wildman–Crippen LogP) is 2.68. The van der Waals surface area contributed by atoms with Gasteiger partial charge in [-0.25, -0.2) is 13.2 Å². The van der Waals surface area contributed by atoms with Crippen molar-refractivity contribution in [2.75, 3.05) is 16.8 Å². The highest BCUT2D eigenvalue weighted by Gasteiger charge is 2.40. The fraction of sp³-hybridized carbons (Fsp3) is 0.235. The average Bonchev–Trinajstić information content (AvgIpc) is 2.90. The molecule has 142 valence electrons. The molecule has 1 aliphatic rings. The minimum Gasteiger partial charge on any atom is -0.455 e. The summed E-state index contributed by atoms with van der Waals surface area (Å²) in [7, 11) is -3.37. The Bertz CT molecular complexity index is 960. The average molecular weight is 411 g/mol. The third-order valence-electron chi connectivity index (χ3n) is 4.07. The maximum absolute atomic E-state index is 12.3. The Morgan fingerprint density at radius 2 is 1.74 bits per heavy atom. The molecule has 2 atom stereocenters. The molecule has 1 N–H and O–H groups in total. The lowest BCUT2D eigenvalue weighted by molar-refractivity contribution is -0.384. The van der Waals surface area contributed by atoms with Crippen LogP contribution in [0.4, 0.5) is 11.4 Å². The molecule has 2 aromatic carbocycles. The largest absolute Gasteiger partial charge is 0.455 e. The smallest absolute Gasteiger partial charge is 0.338 e. The first-order chi connectivity index (χ1) is 12.7. The van der Waals surface area contributed by atoms with Crippen LogP contribution in [0, 0.1) is 10.1 Å². The van der Waals surface area contributed by atoms with Crippen LogP contribution in [-0.2, 0) is 14.6 Å². The molecule has 1 saturated heterocycles. The Hall–Kier alpha value is -2.65. The molecular formula is C17H15ClN2O6S. The number of halogens is 1. The van der Waals surface area contributed by atoms with Gasteiger partial charge in [-0.05, 0) is 36.4 Å². The number of rotatable bonds is 5. The number of anilines is 1. The van der Waals surface area contributed by atoms with E-state index >= 15 is 0 Å². The van der Waals surface area contributed by atoms with Crippen molar-refractivity contribution in [1.29, 1.82) is 0 Å². The predicted molar refractivity (Wildman–Crippen MR) is 99.8 cm³/mol. The molecule has 10 heteroatoms. The summed E-state index contributed by atoms with van der Waals surface area (Å²) in [4.78, 5) is 22.4. The molecule has 2 unspecified atom stereocenters. The molecule has 8 nitrogen and oxygen atoms in total. The Morgan fingerprint density at radius 1 is 1.11 bits per heavy atom. The van der Waals surface area contributed by atoms with Crippen molar-refractivity contribution in [2.45, 2.75) is 12.1 Å². The molecule has 1 fully saturated rings. The first kappa shape index (κ1) is 19.1. The normalized spacial score (nSPS) is 20.8. The molecule has 3 rings (SSSR count). The molecule has 0 radical (unpaired) electrons. The maximum atomic E-state index is 12.3. The molecule has 0 aromatic heterocycles. The SMILES string of the molecule is O=C(OC1CS(=O)(=O)CC1Nc1ccc(Cl)cc1)c1ccc([N+](=O)[O-])cc1. The lowest BCUT2D eigenvalue weighted by atomic mass is 10.1. The van der Waals surface area contributed by atoms with Crippen LogP contribution in [0.2, 0.25) is 5.02 Å². The van der Waals surface area contributed by atoms with E-state index in [1.165, 1.54) is 24.3 Å². The number of carbonyl (C=O) groups is 1. The minimum absolute atomic E-state index is 0.107. The molecule has 0 saturated carbocycles. The fourth-order valence-electron chi connectivity index (χ4n) is 2.75. The maximum Gasteiger partial charge on any atom is 0.338 e. The zero-order valence-electron chi connectivity index (χ0n) is 13.9. The minimum atomic E-state index is -3.37. The molecule has 27 heavy (non-hydrogen) atoms. The molecule has 0 amide bonds. The van der Waals surface area contributed by atoms with E-state index in [4.69, 9.17) is 16.3 Å². The van der Waals surface area contributed by atoms with Gasteiger partial charge in [0.15, 0.2) is 9.84 Å². The van der Waals surface area contributed by atoms with Gasteiger partial charge >= 0.3 is 5.97 Å². The second-order valence-electron chi connectivity index (χ2n) is 6.08. The Labute approximate surface area is 160 Å². The number of nitrogens with zero attached hydrogens (tertiary/aromatic N) is 1. The second-order valence-corrected chi connectivity index (χ2v) is 8.67. The summed E-state index contributed by atoms with van der Waals surface area (Å²) in [6.45, 7) is 0. The molecular weight excluding hydrogens is 396 g/mol. The van der Waals surface area contributed by atoms with Gasteiger partial charge < -0.3 is 10.1 Å². The number of non-ortho nitro benzene ring substituents is 1. The Morgan fingerprint density at radius 3 is 2.33 bits per heavy atom. The van der Waals surface area contributed by atoms with E-state index in [0.29, 0.717) is 10.7 Å². The third kappa shape index (κ3) is 4.75. The summed E-state index contributed by atoms with van der Waals surface area (Å²) < 4.78 is 29.4. The first-order valence-corrected chi connectivity index (χ1v) is 10.1. The van der Waals surface area contributed by atoms with Crippen molar-refractivity contribution < 1.29 is 22.9 Å². The summed E-state index contributed by atoms with van der Waals surface area (Å²) in [6.07, 6.45) is -0.881. The molecule has 1 heterocycles. The van der Waals surface area contributed by atoms with Crippen LogP contribution in [-0.4, -0.2) is 43.0 Å². The Kier molecular flexibility index (Phi) is 5.33. The van der Waals surface area contributed by atoms with Gasteiger partial charge in [0.05, 0.1) is 28.0 Å². The number of esters is 1. The van der Waals surface area contributed by atoms with E-state index < -0.39 is 32.9 Å². The van der Waals surface area contributed by atoms with Gasteiger partial charge in [-0.3, -0.25) is 10.1 Å². The quantitative estimate of drug-likeness (QED) is 0.457. The number of ether oxygens (including phenoxy) is 1. The fourth-order valence-corrected chi connectivity index (χ4v) is 4.66. The number of nitrogens with one attached hydrogen (secondary N) is 1. The number of carbonyl (C=O) groups excluding carboxylic acids is 1. The van der Waals surface area contributed by atoms with Gasteiger partial charge in [0.2, 0.25) is 0 Å². The third-order valence-corrected chi connectivity index (χ3v) is 6.02. The lowest BCUT2D eigenvalue weighted by Crippen LogP contribution is -2.35. The molecule has 1 aliphatic heterocycles. The highest BCUT2D eigenvalue weighted by molar-refractivity contribution is 7.91. The van der Waals surface area contributed by atoms with Crippen LogP contribution < -0.4 is 5.32 Å². The summed E-state index contributed by atoms with van der Waals surface area (Å²) in [6, 6.07) is 11.0. The number of sulfone groups is 1. The molecule has 0 bridgehead atoms. The number of hydrogen-bond acceptors (Lipinski definition) is 7. The van der Waals surface area contributed by atoms with Crippen LogP contribution in [0.15, 0.2) is 48.5 Å². The van der Waals surface area contributed by atoms with Gasteiger partial charge in [0.1, 0.15) is 6.10 Å². The summed E-state index contributed by atoms with van der Waals surface area (Å²) in [5, 5.41) is 14.3. The zero-order chi connectivity index (χ0) is 19.6. The van der Waals surface area contributed by atoms with Crippen LogP contribution in [0.3, 0.4) is 0 Å². The highest BCUT2D eigenvalue weighted by atomic mass is 35.5. The standard InChI is InChI=1S/C17H15ClN2O6S/c18-12-3-5-13(6-4-12)19-15-9-27(24,25)10-16(15)26-17(21)11-1-7-14(8-2-11)20(22)23/h1-8,15-16,19H,9-10H2. The number of nitro groups is 1.